The molecule has 0 aliphatic carbocycles. The lowest BCUT2D eigenvalue weighted by atomic mass is 10.1. The summed E-state index contributed by atoms with van der Waals surface area (Å²) in [6.45, 7) is 6.53. The van der Waals surface area contributed by atoms with Crippen LogP contribution in [-0.2, 0) is 22.5 Å². The summed E-state index contributed by atoms with van der Waals surface area (Å²) >= 11 is 1.56. The summed E-state index contributed by atoms with van der Waals surface area (Å²) < 4.78 is 10.6. The summed E-state index contributed by atoms with van der Waals surface area (Å²) in [6.07, 6.45) is 1.77. The number of hydrogen-bond donors (Lipinski definition) is 0. The summed E-state index contributed by atoms with van der Waals surface area (Å²) in [4.78, 5) is 35.9. The molecule has 34 heavy (non-hydrogen) atoms. The maximum Gasteiger partial charge on any atom is 0.289 e. The number of carbonyl (C=O) groups excluding carboxylic acids is 2. The summed E-state index contributed by atoms with van der Waals surface area (Å²) in [6, 6.07) is 11.9. The predicted octanol–water partition coefficient (Wildman–Crippen LogP) is 2.76. The van der Waals surface area contributed by atoms with Gasteiger partial charge in [0.2, 0.25) is 5.91 Å². The monoisotopic (exact) mass is 480 g/mol. The molecular formula is C25H28N4O4S. The average Bonchev–Trinajstić information content (AvgIpc) is 3.58. The molecule has 1 aromatic carbocycles. The number of hydrogen-bond acceptors (Lipinski definition) is 7. The van der Waals surface area contributed by atoms with Crippen LogP contribution in [0, 0.1) is 0 Å². The van der Waals surface area contributed by atoms with Gasteiger partial charge in [-0.15, -0.1) is 11.3 Å². The second-order valence-corrected chi connectivity index (χ2v) is 9.41. The van der Waals surface area contributed by atoms with Crippen LogP contribution in [0.2, 0.25) is 0 Å². The van der Waals surface area contributed by atoms with Gasteiger partial charge >= 0.3 is 0 Å². The van der Waals surface area contributed by atoms with Crippen molar-refractivity contribution in [3.05, 3.63) is 65.1 Å². The predicted molar refractivity (Wildman–Crippen MR) is 129 cm³/mol. The Hall–Kier alpha value is -3.01. The third-order valence-electron chi connectivity index (χ3n) is 6.25. The van der Waals surface area contributed by atoms with E-state index in [1.54, 1.807) is 28.4 Å². The lowest BCUT2D eigenvalue weighted by molar-refractivity contribution is -0.132. The van der Waals surface area contributed by atoms with Gasteiger partial charge in [-0.25, -0.2) is 4.98 Å². The number of ether oxygens (including phenoxy) is 1. The third-order valence-corrected chi connectivity index (χ3v) is 7.19. The molecule has 8 nitrogen and oxygen atoms in total. The number of piperazine rings is 1. The van der Waals surface area contributed by atoms with E-state index in [1.807, 2.05) is 10.3 Å². The molecule has 0 radical (unpaired) electrons. The molecule has 2 saturated heterocycles. The molecule has 2 aliphatic heterocycles. The first-order valence-corrected chi connectivity index (χ1v) is 12.5. The number of thiazole rings is 1. The molecule has 5 rings (SSSR count). The van der Waals surface area contributed by atoms with Gasteiger partial charge in [-0.05, 0) is 17.7 Å². The molecule has 0 N–H and O–H groups in total. The van der Waals surface area contributed by atoms with E-state index in [4.69, 9.17) is 14.1 Å². The number of amides is 2. The number of furan rings is 1. The zero-order valence-corrected chi connectivity index (χ0v) is 19.8. The smallest absolute Gasteiger partial charge is 0.289 e. The zero-order chi connectivity index (χ0) is 23.3. The van der Waals surface area contributed by atoms with Gasteiger partial charge in [0.05, 0.1) is 31.6 Å². The van der Waals surface area contributed by atoms with Crippen molar-refractivity contribution < 1.29 is 18.7 Å². The second-order valence-electron chi connectivity index (χ2n) is 8.56. The highest BCUT2D eigenvalue weighted by atomic mass is 32.1. The molecule has 0 saturated carbocycles. The number of benzene rings is 1. The van der Waals surface area contributed by atoms with Crippen molar-refractivity contribution in [1.82, 2.24) is 19.7 Å². The van der Waals surface area contributed by atoms with Gasteiger partial charge in [-0.2, -0.15) is 0 Å². The first-order valence-electron chi connectivity index (χ1n) is 11.6. The van der Waals surface area contributed by atoms with Crippen molar-refractivity contribution in [3.63, 3.8) is 0 Å². The normalized spacial score (nSPS) is 17.2. The first-order chi connectivity index (χ1) is 16.7. The zero-order valence-electron chi connectivity index (χ0n) is 19.0. The Morgan fingerprint density at radius 1 is 0.941 bits per heavy atom. The van der Waals surface area contributed by atoms with Crippen molar-refractivity contribution in [2.45, 2.75) is 13.0 Å². The fourth-order valence-electron chi connectivity index (χ4n) is 4.27. The van der Waals surface area contributed by atoms with Crippen molar-refractivity contribution in [2.75, 3.05) is 52.5 Å². The van der Waals surface area contributed by atoms with Crippen LogP contribution in [0.3, 0.4) is 0 Å². The van der Waals surface area contributed by atoms with Crippen molar-refractivity contribution >= 4 is 23.2 Å². The quantitative estimate of drug-likeness (QED) is 0.540. The van der Waals surface area contributed by atoms with Crippen LogP contribution in [0.15, 0.2) is 52.5 Å². The molecule has 3 aromatic rings. The van der Waals surface area contributed by atoms with Gasteiger partial charge in [-0.3, -0.25) is 14.5 Å². The van der Waals surface area contributed by atoms with E-state index in [1.165, 1.54) is 11.8 Å². The number of rotatable bonds is 6. The number of carbonyl (C=O) groups is 2. The standard InChI is InChI=1S/C25H28N4O4S/c30-23(28-7-9-29(10-8-28)25(31)22-2-1-13-33-22)16-21-18-34-24(26-21)20-5-3-19(4-6-20)17-27-11-14-32-15-12-27/h1-6,13,18H,7-12,14-17H2. The van der Waals surface area contributed by atoms with E-state index < -0.39 is 0 Å². The van der Waals surface area contributed by atoms with Crippen LogP contribution in [0.4, 0.5) is 0 Å². The molecule has 0 atom stereocenters. The molecule has 4 heterocycles. The van der Waals surface area contributed by atoms with Crippen molar-refractivity contribution in [2.24, 2.45) is 0 Å². The number of nitrogens with zero attached hydrogens (tertiary/aromatic N) is 4. The first kappa shape index (κ1) is 22.8. The second kappa shape index (κ2) is 10.5. The molecule has 2 amide bonds. The summed E-state index contributed by atoms with van der Waals surface area (Å²) in [5, 5.41) is 2.89. The maximum atomic E-state index is 12.8. The summed E-state index contributed by atoms with van der Waals surface area (Å²) in [5.74, 6) is 0.254. The highest BCUT2D eigenvalue weighted by Crippen LogP contribution is 2.25. The van der Waals surface area contributed by atoms with Crippen LogP contribution in [0.25, 0.3) is 10.6 Å². The Balaban J connectivity index is 1.12. The molecule has 0 unspecified atom stereocenters. The molecule has 2 aromatic heterocycles. The van der Waals surface area contributed by atoms with Gasteiger partial charge in [0.25, 0.3) is 5.91 Å². The summed E-state index contributed by atoms with van der Waals surface area (Å²) in [5.41, 5.74) is 3.14. The molecular weight excluding hydrogens is 452 g/mol. The molecule has 0 bridgehead atoms. The highest BCUT2D eigenvalue weighted by Gasteiger charge is 2.26. The Kier molecular flexibility index (Phi) is 7.03. The molecule has 2 aliphatic rings. The molecule has 2 fully saturated rings. The highest BCUT2D eigenvalue weighted by molar-refractivity contribution is 7.13. The minimum absolute atomic E-state index is 0.0443. The van der Waals surface area contributed by atoms with E-state index in [9.17, 15) is 9.59 Å². The van der Waals surface area contributed by atoms with Gasteiger partial charge < -0.3 is 19.0 Å². The summed E-state index contributed by atoms with van der Waals surface area (Å²) in [7, 11) is 0. The minimum atomic E-state index is -0.128. The molecule has 0 spiro atoms. The van der Waals surface area contributed by atoms with Gasteiger partial charge in [0, 0.05) is 56.8 Å². The molecule has 178 valence electrons. The van der Waals surface area contributed by atoms with Gasteiger partial charge in [0.15, 0.2) is 5.76 Å². The topological polar surface area (TPSA) is 79.1 Å². The SMILES string of the molecule is O=C(Cc1csc(-c2ccc(CN3CCOCC3)cc2)n1)N1CCN(C(=O)c2ccco2)CC1. The van der Waals surface area contributed by atoms with Gasteiger partial charge in [0.1, 0.15) is 5.01 Å². The Labute approximate surface area is 202 Å². The lowest BCUT2D eigenvalue weighted by Crippen LogP contribution is -2.50. The minimum Gasteiger partial charge on any atom is -0.459 e. The fraction of sp³-hybridized carbons (Fsp3) is 0.400. The Morgan fingerprint density at radius 3 is 2.38 bits per heavy atom. The maximum absolute atomic E-state index is 12.8. The van der Waals surface area contributed by atoms with Gasteiger partial charge in [-0.1, -0.05) is 24.3 Å². The average molecular weight is 481 g/mol. The number of morpholine rings is 1. The van der Waals surface area contributed by atoms with Crippen molar-refractivity contribution in [3.8, 4) is 10.6 Å². The van der Waals surface area contributed by atoms with E-state index in [-0.39, 0.29) is 18.2 Å². The Morgan fingerprint density at radius 2 is 1.68 bits per heavy atom. The van der Waals surface area contributed by atoms with E-state index in [0.717, 1.165) is 49.1 Å². The fourth-order valence-corrected chi connectivity index (χ4v) is 5.10. The number of aromatic nitrogens is 1. The molecule has 9 heteroatoms. The van der Waals surface area contributed by atoms with E-state index in [0.29, 0.717) is 31.9 Å². The lowest BCUT2D eigenvalue weighted by Gasteiger charge is -2.34. The van der Waals surface area contributed by atoms with Crippen LogP contribution < -0.4 is 0 Å². The van der Waals surface area contributed by atoms with Crippen LogP contribution in [0.5, 0.6) is 0 Å². The third kappa shape index (κ3) is 5.38. The van der Waals surface area contributed by atoms with Crippen molar-refractivity contribution in [1.29, 1.82) is 0 Å². The van der Waals surface area contributed by atoms with E-state index >= 15 is 0 Å². The van der Waals surface area contributed by atoms with Crippen LogP contribution >= 0.6 is 11.3 Å². The Bertz CT molecular complexity index is 1100. The van der Waals surface area contributed by atoms with Crippen LogP contribution in [-0.4, -0.2) is 84.0 Å². The largest absolute Gasteiger partial charge is 0.459 e. The van der Waals surface area contributed by atoms with Crippen LogP contribution in [0.1, 0.15) is 21.8 Å². The van der Waals surface area contributed by atoms with E-state index in [2.05, 4.69) is 29.2 Å².